The smallest absolute Gasteiger partial charge is 0.274 e. The molecule has 1 fully saturated rings. The van der Waals surface area contributed by atoms with Crippen molar-refractivity contribution in [1.29, 1.82) is 0 Å². The Bertz CT molecular complexity index is 1030. The zero-order chi connectivity index (χ0) is 21.6. The molecule has 8 heteroatoms. The van der Waals surface area contributed by atoms with Crippen LogP contribution in [0.4, 0.5) is 10.8 Å². The van der Waals surface area contributed by atoms with Gasteiger partial charge in [0.05, 0.1) is 11.7 Å². The van der Waals surface area contributed by atoms with Gasteiger partial charge in [-0.1, -0.05) is 18.2 Å². The van der Waals surface area contributed by atoms with Crippen molar-refractivity contribution in [1.82, 2.24) is 9.55 Å². The Morgan fingerprint density at radius 2 is 2.00 bits per heavy atom. The second kappa shape index (κ2) is 9.78. The lowest BCUT2D eigenvalue weighted by molar-refractivity contribution is -0.118. The molecule has 0 bridgehead atoms. The van der Waals surface area contributed by atoms with Crippen molar-refractivity contribution in [3.63, 3.8) is 0 Å². The van der Waals surface area contributed by atoms with E-state index in [0.717, 1.165) is 31.5 Å². The number of nitrogens with two attached hydrogens (primary N) is 1. The van der Waals surface area contributed by atoms with Crippen LogP contribution in [-0.2, 0) is 11.3 Å². The van der Waals surface area contributed by atoms with Crippen LogP contribution in [0.25, 0.3) is 0 Å². The lowest BCUT2D eigenvalue weighted by Gasteiger charge is -2.25. The van der Waals surface area contributed by atoms with Crippen LogP contribution in [0.1, 0.15) is 54.3 Å². The van der Waals surface area contributed by atoms with Crippen LogP contribution in [0.15, 0.2) is 54.0 Å². The van der Waals surface area contributed by atoms with E-state index in [0.29, 0.717) is 30.2 Å². The molecule has 0 radical (unpaired) electrons. The van der Waals surface area contributed by atoms with Gasteiger partial charge in [0.2, 0.25) is 5.91 Å². The summed E-state index contributed by atoms with van der Waals surface area (Å²) in [7, 11) is 0. The van der Waals surface area contributed by atoms with Crippen LogP contribution in [0.3, 0.4) is 0 Å². The molecule has 1 aromatic carbocycles. The second-order valence-corrected chi connectivity index (χ2v) is 8.59. The van der Waals surface area contributed by atoms with Gasteiger partial charge in [-0.2, -0.15) is 0 Å². The van der Waals surface area contributed by atoms with E-state index < -0.39 is 0 Å². The normalized spacial score (nSPS) is 15.9. The number of aryl methyl sites for hydroxylation is 1. The highest BCUT2D eigenvalue weighted by molar-refractivity contribution is 7.14. The minimum Gasteiger partial charge on any atom is -0.370 e. The van der Waals surface area contributed by atoms with Gasteiger partial charge in [0, 0.05) is 36.8 Å². The van der Waals surface area contributed by atoms with Crippen molar-refractivity contribution in [2.75, 3.05) is 16.8 Å². The highest BCUT2D eigenvalue weighted by Gasteiger charge is 2.28. The summed E-state index contributed by atoms with van der Waals surface area (Å²) in [5.41, 5.74) is 7.98. The van der Waals surface area contributed by atoms with Crippen LogP contribution >= 0.6 is 11.3 Å². The number of primary amides is 1. The number of thiazole rings is 1. The van der Waals surface area contributed by atoms with E-state index in [9.17, 15) is 9.59 Å². The quantitative estimate of drug-likeness (QED) is 0.491. The lowest BCUT2D eigenvalue weighted by atomic mass is 10.1. The number of unbranched alkanes of at least 4 members (excludes halogenated alkanes) is 1. The number of hydrogen-bond donors (Lipinski definition) is 2. The van der Waals surface area contributed by atoms with Gasteiger partial charge < -0.3 is 15.2 Å². The van der Waals surface area contributed by atoms with Crippen molar-refractivity contribution < 1.29 is 9.59 Å². The van der Waals surface area contributed by atoms with Crippen LogP contribution in [0.5, 0.6) is 0 Å². The maximum Gasteiger partial charge on any atom is 0.274 e. The molecule has 1 aliphatic heterocycles. The number of benzene rings is 1. The number of hydrogen-bond acceptors (Lipinski definition) is 5. The fraction of sp³-hybridized carbons (Fsp3) is 0.348. The van der Waals surface area contributed by atoms with Crippen LogP contribution in [0.2, 0.25) is 0 Å². The van der Waals surface area contributed by atoms with Gasteiger partial charge in [-0.15, -0.1) is 11.3 Å². The Morgan fingerprint density at radius 3 is 2.81 bits per heavy atom. The van der Waals surface area contributed by atoms with Gasteiger partial charge in [-0.05, 0) is 49.9 Å². The Kier molecular flexibility index (Phi) is 6.66. The molecule has 2 amide bonds. The molecule has 162 valence electrons. The molecular weight excluding hydrogens is 410 g/mol. The number of nitrogens with zero attached hydrogens (tertiary/aromatic N) is 3. The maximum atomic E-state index is 12.8. The first kappa shape index (κ1) is 21.1. The van der Waals surface area contributed by atoms with E-state index in [1.54, 1.807) is 6.07 Å². The van der Waals surface area contributed by atoms with E-state index in [-0.39, 0.29) is 17.9 Å². The summed E-state index contributed by atoms with van der Waals surface area (Å²) in [6.07, 6.45) is 5.93. The number of carbonyl (C=O) groups excluding carboxylic acids is 2. The number of rotatable bonds is 9. The number of carbonyl (C=O) groups is 2. The molecule has 1 saturated heterocycles. The summed E-state index contributed by atoms with van der Waals surface area (Å²) in [6, 6.07) is 14.3. The summed E-state index contributed by atoms with van der Waals surface area (Å²) >= 11 is 1.46. The van der Waals surface area contributed by atoms with E-state index in [1.165, 1.54) is 17.0 Å². The zero-order valence-corrected chi connectivity index (χ0v) is 18.2. The minimum atomic E-state index is -0.293. The molecule has 3 N–H and O–H groups in total. The lowest BCUT2D eigenvalue weighted by Crippen LogP contribution is -2.22. The maximum absolute atomic E-state index is 12.8. The first-order valence-corrected chi connectivity index (χ1v) is 11.5. The molecule has 3 heterocycles. The van der Waals surface area contributed by atoms with Gasteiger partial charge in [-0.25, -0.2) is 4.98 Å². The average molecular weight is 438 g/mol. The Labute approximate surface area is 185 Å². The van der Waals surface area contributed by atoms with Gasteiger partial charge in [0.25, 0.3) is 5.91 Å². The standard InChI is InChI=1S/C23H27N5O2S/c24-21(29)12-4-5-13-27-14-6-11-20(27)22(30)26-23-25-18(16-31-23)19-10-7-15-28(19)17-8-2-1-3-9-17/h1-3,6,8-9,11,14,16,19H,4-5,7,10,12-13,15H2,(H2,24,29)(H,25,26,30)/t19-/m1/s1. The number of aromatic nitrogens is 2. The fourth-order valence-electron chi connectivity index (χ4n) is 4.06. The molecule has 0 unspecified atom stereocenters. The summed E-state index contributed by atoms with van der Waals surface area (Å²) in [5.74, 6) is -0.467. The van der Waals surface area contributed by atoms with Crippen molar-refractivity contribution in [3.8, 4) is 0 Å². The molecule has 2 aromatic heterocycles. The third-order valence-electron chi connectivity index (χ3n) is 5.56. The summed E-state index contributed by atoms with van der Waals surface area (Å²) in [6.45, 7) is 1.68. The molecule has 31 heavy (non-hydrogen) atoms. The summed E-state index contributed by atoms with van der Waals surface area (Å²) < 4.78 is 1.90. The predicted molar refractivity (Wildman–Crippen MR) is 123 cm³/mol. The van der Waals surface area contributed by atoms with Crippen LogP contribution in [-0.4, -0.2) is 27.9 Å². The predicted octanol–water partition coefficient (Wildman–Crippen LogP) is 4.19. The molecule has 1 atom stereocenters. The summed E-state index contributed by atoms with van der Waals surface area (Å²) in [5, 5.41) is 5.61. The largest absolute Gasteiger partial charge is 0.370 e. The van der Waals surface area contributed by atoms with E-state index in [2.05, 4.69) is 34.5 Å². The molecular formula is C23H27N5O2S. The second-order valence-electron chi connectivity index (χ2n) is 7.73. The van der Waals surface area contributed by atoms with Gasteiger partial charge in [0.1, 0.15) is 5.69 Å². The van der Waals surface area contributed by atoms with Gasteiger partial charge in [-0.3, -0.25) is 14.9 Å². The fourth-order valence-corrected chi connectivity index (χ4v) is 4.81. The van der Waals surface area contributed by atoms with Crippen molar-refractivity contribution in [3.05, 3.63) is 65.4 Å². The minimum absolute atomic E-state index is 0.174. The highest BCUT2D eigenvalue weighted by Crippen LogP contribution is 2.37. The molecule has 7 nitrogen and oxygen atoms in total. The average Bonchev–Trinajstić information content (AvgIpc) is 3.51. The topological polar surface area (TPSA) is 93.2 Å². The Hall–Kier alpha value is -3.13. The molecule has 0 saturated carbocycles. The molecule has 0 spiro atoms. The summed E-state index contributed by atoms with van der Waals surface area (Å²) in [4.78, 5) is 30.8. The third kappa shape index (κ3) is 5.14. The Balaban J connectivity index is 1.39. The SMILES string of the molecule is NC(=O)CCCCn1cccc1C(=O)Nc1nc([C@H]2CCCN2c2ccccc2)cs1. The van der Waals surface area contributed by atoms with Crippen molar-refractivity contribution >= 4 is 34.0 Å². The van der Waals surface area contributed by atoms with Crippen molar-refractivity contribution in [2.24, 2.45) is 5.73 Å². The van der Waals surface area contributed by atoms with E-state index in [4.69, 9.17) is 10.7 Å². The molecule has 3 aromatic rings. The van der Waals surface area contributed by atoms with Crippen molar-refractivity contribution in [2.45, 2.75) is 44.7 Å². The first-order valence-electron chi connectivity index (χ1n) is 10.6. The number of nitrogens with one attached hydrogen (secondary N) is 1. The Morgan fingerprint density at radius 1 is 1.16 bits per heavy atom. The van der Waals surface area contributed by atoms with Crippen LogP contribution in [0, 0.1) is 0 Å². The zero-order valence-electron chi connectivity index (χ0n) is 17.4. The van der Waals surface area contributed by atoms with E-state index >= 15 is 0 Å². The molecule has 4 rings (SSSR count). The highest BCUT2D eigenvalue weighted by atomic mass is 32.1. The third-order valence-corrected chi connectivity index (χ3v) is 6.33. The van der Waals surface area contributed by atoms with E-state index in [1.807, 2.05) is 28.3 Å². The monoisotopic (exact) mass is 437 g/mol. The number of anilines is 2. The molecule has 0 aliphatic carbocycles. The number of amides is 2. The van der Waals surface area contributed by atoms with Crippen LogP contribution < -0.4 is 16.0 Å². The van der Waals surface area contributed by atoms with Gasteiger partial charge >= 0.3 is 0 Å². The van der Waals surface area contributed by atoms with Gasteiger partial charge in [0.15, 0.2) is 5.13 Å². The number of para-hydroxylation sites is 1. The first-order chi connectivity index (χ1) is 15.1. The molecule has 1 aliphatic rings.